The Labute approximate surface area is 186 Å². The van der Waals surface area contributed by atoms with E-state index in [4.69, 9.17) is 9.84 Å². The molecule has 0 radical (unpaired) electrons. The van der Waals surface area contributed by atoms with E-state index < -0.39 is 6.10 Å². The first-order valence-electron chi connectivity index (χ1n) is 10.6. The summed E-state index contributed by atoms with van der Waals surface area (Å²) in [7, 11) is 3.67. The molecule has 4 rings (SSSR count). The molecule has 2 aromatic carbocycles. The highest BCUT2D eigenvalue weighted by molar-refractivity contribution is 5.91. The van der Waals surface area contributed by atoms with Crippen LogP contribution in [0.5, 0.6) is 5.75 Å². The number of hydrogen-bond acceptors (Lipinski definition) is 6. The third-order valence-corrected chi connectivity index (χ3v) is 5.49. The predicted octanol–water partition coefficient (Wildman–Crippen LogP) is 4.34. The zero-order valence-electron chi connectivity index (χ0n) is 18.7. The first-order valence-corrected chi connectivity index (χ1v) is 10.6. The van der Waals surface area contributed by atoms with E-state index in [0.717, 1.165) is 28.0 Å². The minimum atomic E-state index is -0.414. The van der Waals surface area contributed by atoms with Gasteiger partial charge in [0.2, 0.25) is 0 Å². The first kappa shape index (κ1) is 21.7. The molecular formula is C24H27FN6O. The zero-order valence-corrected chi connectivity index (χ0v) is 18.7. The lowest BCUT2D eigenvalue weighted by atomic mass is 10.1. The molecule has 0 aliphatic heterocycles. The van der Waals surface area contributed by atoms with Crippen LogP contribution in [-0.2, 0) is 0 Å². The lowest BCUT2D eigenvalue weighted by Crippen LogP contribution is -2.17. The summed E-state index contributed by atoms with van der Waals surface area (Å²) in [5.41, 5.74) is 3.94. The molecule has 0 fully saturated rings. The first-order chi connectivity index (χ1) is 15.5. The number of nitrogens with zero attached hydrogens (tertiary/aromatic N) is 4. The van der Waals surface area contributed by atoms with Gasteiger partial charge in [-0.25, -0.2) is 9.07 Å². The van der Waals surface area contributed by atoms with Gasteiger partial charge in [-0.2, -0.15) is 10.2 Å². The monoisotopic (exact) mass is 434 g/mol. The lowest BCUT2D eigenvalue weighted by molar-refractivity contribution is 0.190. The van der Waals surface area contributed by atoms with Gasteiger partial charge < -0.3 is 15.4 Å². The second-order valence-electron chi connectivity index (χ2n) is 7.62. The third-order valence-electron chi connectivity index (χ3n) is 5.49. The molecule has 0 amide bonds. The molecule has 1 unspecified atom stereocenters. The topological polar surface area (TPSA) is 76.9 Å². The van der Waals surface area contributed by atoms with Gasteiger partial charge in [0.05, 0.1) is 22.5 Å². The Morgan fingerprint density at radius 3 is 2.62 bits per heavy atom. The average molecular weight is 435 g/mol. The summed E-state index contributed by atoms with van der Waals surface area (Å²) in [6.07, 6.45) is 0.220. The number of ether oxygens (including phenoxy) is 1. The molecule has 8 heteroatoms. The SMILES string of the molecule is CNCCC(Oc1cccc(-n2nc3c(NC)nnc(C)c3c2C)c1)c1ccccc1F. The number of rotatable bonds is 8. The Kier molecular flexibility index (Phi) is 6.32. The van der Waals surface area contributed by atoms with Crippen molar-refractivity contribution >= 4 is 16.7 Å². The second-order valence-corrected chi connectivity index (χ2v) is 7.62. The van der Waals surface area contributed by atoms with E-state index in [9.17, 15) is 4.39 Å². The van der Waals surface area contributed by atoms with Crippen LogP contribution in [0.15, 0.2) is 48.5 Å². The molecule has 7 nitrogen and oxygen atoms in total. The van der Waals surface area contributed by atoms with Gasteiger partial charge in [0, 0.05) is 25.1 Å². The molecule has 0 saturated carbocycles. The summed E-state index contributed by atoms with van der Waals surface area (Å²) in [5, 5.41) is 20.4. The van der Waals surface area contributed by atoms with Crippen molar-refractivity contribution in [3.63, 3.8) is 0 Å². The van der Waals surface area contributed by atoms with Crippen molar-refractivity contribution in [3.05, 3.63) is 71.3 Å². The highest BCUT2D eigenvalue weighted by atomic mass is 19.1. The van der Waals surface area contributed by atoms with Crippen LogP contribution in [0.1, 0.15) is 29.5 Å². The predicted molar refractivity (Wildman–Crippen MR) is 124 cm³/mol. The highest BCUT2D eigenvalue weighted by Gasteiger charge is 2.19. The second kappa shape index (κ2) is 9.32. The van der Waals surface area contributed by atoms with Gasteiger partial charge in [-0.3, -0.25) is 0 Å². The van der Waals surface area contributed by atoms with Gasteiger partial charge in [0.25, 0.3) is 0 Å². The minimum absolute atomic E-state index is 0.269. The van der Waals surface area contributed by atoms with Crippen molar-refractivity contribution in [2.24, 2.45) is 0 Å². The van der Waals surface area contributed by atoms with Crippen molar-refractivity contribution in [3.8, 4) is 11.4 Å². The zero-order chi connectivity index (χ0) is 22.7. The molecule has 0 saturated heterocycles. The van der Waals surface area contributed by atoms with Crippen LogP contribution in [0.25, 0.3) is 16.6 Å². The maximum Gasteiger partial charge on any atom is 0.176 e. The quantitative estimate of drug-likeness (QED) is 0.430. The fourth-order valence-corrected chi connectivity index (χ4v) is 3.89. The van der Waals surface area contributed by atoms with E-state index in [-0.39, 0.29) is 5.82 Å². The highest BCUT2D eigenvalue weighted by Crippen LogP contribution is 2.30. The summed E-state index contributed by atoms with van der Waals surface area (Å²) in [5.74, 6) is 1.01. The molecule has 2 aromatic heterocycles. The van der Waals surface area contributed by atoms with E-state index in [2.05, 4.69) is 20.8 Å². The number of benzene rings is 2. The van der Waals surface area contributed by atoms with E-state index in [1.54, 1.807) is 19.2 Å². The molecule has 2 N–H and O–H groups in total. The summed E-state index contributed by atoms with van der Waals surface area (Å²) < 4.78 is 22.6. The van der Waals surface area contributed by atoms with E-state index in [1.165, 1.54) is 6.07 Å². The molecule has 0 spiro atoms. The third kappa shape index (κ3) is 4.13. The van der Waals surface area contributed by atoms with Crippen LogP contribution in [0.4, 0.5) is 10.2 Å². The Balaban J connectivity index is 1.71. The maximum absolute atomic E-state index is 14.5. The molecule has 0 aliphatic carbocycles. The molecule has 0 aliphatic rings. The minimum Gasteiger partial charge on any atom is -0.486 e. The van der Waals surface area contributed by atoms with Crippen molar-refractivity contribution in [2.45, 2.75) is 26.4 Å². The van der Waals surface area contributed by atoms with Gasteiger partial charge in [-0.05, 0) is 45.6 Å². The Morgan fingerprint density at radius 2 is 1.88 bits per heavy atom. The van der Waals surface area contributed by atoms with Crippen LogP contribution in [0.2, 0.25) is 0 Å². The Hall–Kier alpha value is -3.52. The van der Waals surface area contributed by atoms with Gasteiger partial charge >= 0.3 is 0 Å². The summed E-state index contributed by atoms with van der Waals surface area (Å²) >= 11 is 0. The van der Waals surface area contributed by atoms with E-state index in [0.29, 0.717) is 30.1 Å². The van der Waals surface area contributed by atoms with Crippen LogP contribution in [0, 0.1) is 19.7 Å². The van der Waals surface area contributed by atoms with Crippen molar-refractivity contribution in [2.75, 3.05) is 26.0 Å². The van der Waals surface area contributed by atoms with E-state index >= 15 is 0 Å². The van der Waals surface area contributed by atoms with Crippen molar-refractivity contribution in [1.82, 2.24) is 25.3 Å². The number of anilines is 1. The average Bonchev–Trinajstić information content (AvgIpc) is 3.16. The molecule has 1 atom stereocenters. The van der Waals surface area contributed by atoms with Gasteiger partial charge in [-0.1, -0.05) is 24.3 Å². The van der Waals surface area contributed by atoms with Gasteiger partial charge in [-0.15, -0.1) is 5.10 Å². The standard InChI is InChI=1S/C24H27FN6O/c1-15-22-16(2)31(30-23(22)24(27-4)29-28-15)17-8-7-9-18(14-17)32-21(12-13-26-3)19-10-5-6-11-20(19)25/h5-11,14,21,26H,12-13H2,1-4H3,(H,27,29). The largest absolute Gasteiger partial charge is 0.486 e. The van der Waals surface area contributed by atoms with Crippen LogP contribution in [0.3, 0.4) is 0 Å². The number of hydrogen-bond donors (Lipinski definition) is 2. The number of aromatic nitrogens is 4. The fourth-order valence-electron chi connectivity index (χ4n) is 3.89. The summed E-state index contributed by atoms with van der Waals surface area (Å²) in [6.45, 7) is 4.63. The number of nitrogens with one attached hydrogen (secondary N) is 2. The van der Waals surface area contributed by atoms with Crippen molar-refractivity contribution in [1.29, 1.82) is 0 Å². The molecule has 32 heavy (non-hydrogen) atoms. The smallest absolute Gasteiger partial charge is 0.176 e. The number of halogens is 1. The molecule has 0 bridgehead atoms. The normalized spacial score (nSPS) is 12.2. The van der Waals surface area contributed by atoms with Gasteiger partial charge in [0.15, 0.2) is 5.82 Å². The fraction of sp³-hybridized carbons (Fsp3) is 0.292. The molecule has 166 valence electrons. The number of aryl methyl sites for hydroxylation is 2. The number of fused-ring (bicyclic) bond motifs is 1. The molecule has 2 heterocycles. The lowest BCUT2D eigenvalue weighted by Gasteiger charge is -2.20. The molecular weight excluding hydrogens is 407 g/mol. The Morgan fingerprint density at radius 1 is 1.06 bits per heavy atom. The van der Waals surface area contributed by atoms with Crippen molar-refractivity contribution < 1.29 is 9.13 Å². The Bertz CT molecular complexity index is 1240. The van der Waals surface area contributed by atoms with Crippen LogP contribution in [-0.4, -0.2) is 40.6 Å². The molecule has 4 aromatic rings. The van der Waals surface area contributed by atoms with Gasteiger partial charge in [0.1, 0.15) is 23.2 Å². The van der Waals surface area contributed by atoms with Crippen LogP contribution < -0.4 is 15.4 Å². The maximum atomic E-state index is 14.5. The van der Waals surface area contributed by atoms with Crippen LogP contribution >= 0.6 is 0 Å². The summed E-state index contributed by atoms with van der Waals surface area (Å²) in [6, 6.07) is 14.4. The van der Waals surface area contributed by atoms with E-state index in [1.807, 2.05) is 55.9 Å². The summed E-state index contributed by atoms with van der Waals surface area (Å²) in [4.78, 5) is 0.